The van der Waals surface area contributed by atoms with Crippen LogP contribution in [0.15, 0.2) is 0 Å². The third kappa shape index (κ3) is 78.2. The predicted molar refractivity (Wildman–Crippen MR) is 351 cm³/mol. The Morgan fingerprint density at radius 3 is 1.00 bits per heavy atom. The highest BCUT2D eigenvalue weighted by Crippen LogP contribution is 2.21. The van der Waals surface area contributed by atoms with E-state index in [1.54, 1.807) is 6.92 Å². The van der Waals surface area contributed by atoms with E-state index in [0.717, 1.165) is 70.6 Å². The molecule has 0 amide bonds. The highest BCUT2D eigenvalue weighted by Gasteiger charge is 2.28. The monoisotopic (exact) mass is 1220 g/mol. The molecule has 4 atom stereocenters. The fourth-order valence-corrected chi connectivity index (χ4v) is 7.61. The van der Waals surface area contributed by atoms with Crippen molar-refractivity contribution in [2.24, 2.45) is 11.8 Å². The predicted octanol–water partition coefficient (Wildman–Crippen LogP) is 18.6. The molecule has 0 spiro atoms. The average Bonchev–Trinajstić information content (AvgIpc) is 3.57. The molecule has 0 N–H and O–H groups in total. The van der Waals surface area contributed by atoms with E-state index in [2.05, 4.69) is 60.1 Å². The molecule has 0 bridgehead atoms. The van der Waals surface area contributed by atoms with Gasteiger partial charge in [0.05, 0.1) is 52.7 Å². The molecular weight excluding hydrogens is 1080 g/mol. The zero-order valence-corrected chi connectivity index (χ0v) is 58.7. The van der Waals surface area contributed by atoms with E-state index in [1.165, 1.54) is 127 Å². The molecule has 508 valence electrons. The van der Waals surface area contributed by atoms with Crippen molar-refractivity contribution in [3.05, 3.63) is 0 Å². The summed E-state index contributed by atoms with van der Waals surface area (Å²) in [6, 6.07) is 0. The maximum absolute atomic E-state index is 13.1. The van der Waals surface area contributed by atoms with Gasteiger partial charge in [-0.15, -0.1) is 0 Å². The van der Waals surface area contributed by atoms with Crippen molar-refractivity contribution in [2.75, 3.05) is 52.7 Å². The zero-order valence-electron chi connectivity index (χ0n) is 58.7. The third-order valence-electron chi connectivity index (χ3n) is 13.7. The average molecular weight is 1220 g/mol. The van der Waals surface area contributed by atoms with E-state index < -0.39 is 24.0 Å². The Hall–Kier alpha value is -3.75. The molecule has 0 saturated carbocycles. The molecule has 0 aromatic heterocycles. The van der Waals surface area contributed by atoms with Crippen molar-refractivity contribution in [1.29, 1.82) is 0 Å². The van der Waals surface area contributed by atoms with Gasteiger partial charge in [-0.25, -0.2) is 0 Å². The second-order valence-corrected chi connectivity index (χ2v) is 22.0. The van der Waals surface area contributed by atoms with Crippen LogP contribution in [0.5, 0.6) is 0 Å². The van der Waals surface area contributed by atoms with Gasteiger partial charge in [0.15, 0.2) is 0 Å². The number of rotatable bonds is 49. The summed E-state index contributed by atoms with van der Waals surface area (Å²) in [5.41, 5.74) is 0. The fourth-order valence-electron chi connectivity index (χ4n) is 7.61. The molecule has 15 heteroatoms. The van der Waals surface area contributed by atoms with Crippen LogP contribution in [0.4, 0.5) is 0 Å². The van der Waals surface area contributed by atoms with Gasteiger partial charge in [0.25, 0.3) is 0 Å². The molecule has 85 heavy (non-hydrogen) atoms. The van der Waals surface area contributed by atoms with E-state index in [0.29, 0.717) is 64.6 Å². The summed E-state index contributed by atoms with van der Waals surface area (Å²) in [6.07, 6.45) is 34.7. The molecule has 15 nitrogen and oxygen atoms in total. The molecule has 0 aliphatic rings. The maximum atomic E-state index is 13.1. The molecule has 0 aromatic rings. The quantitative estimate of drug-likeness (QED) is 0.0318. The van der Waals surface area contributed by atoms with Crippen LogP contribution in [-0.2, 0) is 66.7 Å². The first-order chi connectivity index (χ1) is 40.9. The number of hydrogen-bond acceptors (Lipinski definition) is 15. The molecule has 0 radical (unpaired) electrons. The van der Waals surface area contributed by atoms with Gasteiger partial charge in [-0.2, -0.15) is 0 Å². The van der Waals surface area contributed by atoms with E-state index in [4.69, 9.17) is 28.4 Å². The molecular formula is C70H139NO14. The van der Waals surface area contributed by atoms with Crippen molar-refractivity contribution in [1.82, 2.24) is 4.90 Å². The lowest BCUT2D eigenvalue weighted by Crippen LogP contribution is -2.41. The van der Waals surface area contributed by atoms with Gasteiger partial charge >= 0.3 is 41.8 Å². The Morgan fingerprint density at radius 2 is 0.694 bits per heavy atom. The number of unbranched alkanes of at least 4 members (excludes halogenated alkanes) is 21. The summed E-state index contributed by atoms with van der Waals surface area (Å²) < 4.78 is 36.9. The first kappa shape index (κ1) is 92.4. The standard InChI is InChI=1S/C34H63NO8.C14H28O2.C11H22O2.C5H10O2.C4H10.C2H6/c1-7-12-14-16-18-20-22-40-32(37)25-35(26-33(38)41-23-21-19-17-15-13-8-2)27-34(39)43-30(28(6)9-3)24-29(10-4)42-31(36)11-5;1-4-6-7-8-9-10-11-16-14(15)12-13(3)5-2;1-3-5-6-7-8-9-10-13-11(12)4-2;1-3-4-7-5(2)6;1-3-4-2;1-2/h28-30H,7-27H2,1-6H3;13H,4-12H2,1-3H3;3-10H2,1-2H3;3-4H2,1-2H3;3-4H2,1-2H3;1-2H3. The van der Waals surface area contributed by atoms with Gasteiger partial charge in [0.1, 0.15) is 12.2 Å². The Kier molecular flexibility index (Phi) is 83.0. The number of esters is 7. The maximum Gasteiger partial charge on any atom is 0.320 e. The summed E-state index contributed by atoms with van der Waals surface area (Å²) in [5.74, 6) is -1.60. The Morgan fingerprint density at radius 1 is 0.341 bits per heavy atom. The van der Waals surface area contributed by atoms with Gasteiger partial charge in [-0.3, -0.25) is 38.5 Å². The number of carbonyl (C=O) groups excluding carboxylic acids is 7. The fraction of sp³-hybridized carbons (Fsp3) is 0.900. The van der Waals surface area contributed by atoms with Crippen LogP contribution >= 0.6 is 0 Å². The summed E-state index contributed by atoms with van der Waals surface area (Å²) in [4.78, 5) is 83.6. The largest absolute Gasteiger partial charge is 0.466 e. The van der Waals surface area contributed by atoms with E-state index in [9.17, 15) is 33.6 Å². The highest BCUT2D eigenvalue weighted by molar-refractivity contribution is 5.78. The van der Waals surface area contributed by atoms with Crippen LogP contribution in [0.3, 0.4) is 0 Å². The SMILES string of the molecule is CC.CCCC.CCCCCCCCOC(=O)CC.CCCCCCCCOC(=O)CC(C)CC.CCCCCCCCOC(=O)CN(CC(=O)OCCCCCCCC)CC(=O)OC(CC(CC)OC(=O)CC)C(C)CC.CCCOC(C)=O. The number of ether oxygens (including phenoxy) is 7. The lowest BCUT2D eigenvalue weighted by molar-refractivity contribution is -0.160. The molecule has 0 aliphatic carbocycles. The first-order valence-electron chi connectivity index (χ1n) is 34.8. The summed E-state index contributed by atoms with van der Waals surface area (Å²) in [5, 5.41) is 0. The van der Waals surface area contributed by atoms with Gasteiger partial charge in [0.2, 0.25) is 0 Å². The summed E-state index contributed by atoms with van der Waals surface area (Å²) in [7, 11) is 0. The first-order valence-corrected chi connectivity index (χ1v) is 34.8. The van der Waals surface area contributed by atoms with Crippen LogP contribution in [0, 0.1) is 11.8 Å². The van der Waals surface area contributed by atoms with Gasteiger partial charge < -0.3 is 33.2 Å². The molecule has 0 heterocycles. The Balaban J connectivity index is -0.000000298. The minimum Gasteiger partial charge on any atom is -0.466 e. The van der Waals surface area contributed by atoms with Gasteiger partial charge in [-0.05, 0) is 50.4 Å². The topological polar surface area (TPSA) is 187 Å². The number of carbonyl (C=O) groups is 7. The van der Waals surface area contributed by atoms with Crippen molar-refractivity contribution < 1.29 is 66.7 Å². The van der Waals surface area contributed by atoms with Crippen molar-refractivity contribution in [2.45, 2.75) is 348 Å². The summed E-state index contributed by atoms with van der Waals surface area (Å²) >= 11 is 0. The van der Waals surface area contributed by atoms with E-state index >= 15 is 0 Å². The molecule has 0 aliphatic heterocycles. The van der Waals surface area contributed by atoms with Crippen molar-refractivity contribution in [3.8, 4) is 0 Å². The molecule has 0 aromatic carbocycles. The molecule has 0 rings (SSSR count). The second kappa shape index (κ2) is 76.3. The van der Waals surface area contributed by atoms with Crippen LogP contribution in [0.1, 0.15) is 336 Å². The van der Waals surface area contributed by atoms with Crippen LogP contribution < -0.4 is 0 Å². The number of hydrogen-bond donors (Lipinski definition) is 0. The van der Waals surface area contributed by atoms with Gasteiger partial charge in [-0.1, -0.05) is 265 Å². The van der Waals surface area contributed by atoms with E-state index in [1.807, 2.05) is 48.5 Å². The second-order valence-electron chi connectivity index (χ2n) is 22.0. The molecule has 0 fully saturated rings. The third-order valence-corrected chi connectivity index (χ3v) is 13.7. The molecule has 4 unspecified atom stereocenters. The highest BCUT2D eigenvalue weighted by atomic mass is 16.6. The van der Waals surface area contributed by atoms with E-state index in [-0.39, 0.29) is 62.0 Å². The Labute approximate surface area is 524 Å². The zero-order chi connectivity index (χ0) is 65.6. The van der Waals surface area contributed by atoms with Crippen LogP contribution in [0.2, 0.25) is 0 Å². The lowest BCUT2D eigenvalue weighted by Gasteiger charge is -2.28. The lowest BCUT2D eigenvalue weighted by atomic mass is 9.95. The van der Waals surface area contributed by atoms with Crippen LogP contribution in [-0.4, -0.2) is 112 Å². The minimum absolute atomic E-state index is 0.0251. The smallest absolute Gasteiger partial charge is 0.320 e. The van der Waals surface area contributed by atoms with Crippen molar-refractivity contribution >= 4 is 41.8 Å². The molecule has 0 saturated heterocycles. The van der Waals surface area contributed by atoms with Gasteiger partial charge in [0, 0.05) is 32.6 Å². The minimum atomic E-state index is -0.547. The Bertz CT molecular complexity index is 1430. The van der Waals surface area contributed by atoms with Crippen molar-refractivity contribution in [3.63, 3.8) is 0 Å². The normalized spacial score (nSPS) is 11.7. The number of nitrogens with zero attached hydrogens (tertiary/aromatic N) is 1. The van der Waals surface area contributed by atoms with Crippen LogP contribution in [0.25, 0.3) is 0 Å². The summed E-state index contributed by atoms with van der Waals surface area (Å²) in [6.45, 7) is 35.9.